The first-order chi connectivity index (χ1) is 58.0. The predicted molar refractivity (Wildman–Crippen MR) is 471 cm³/mol. The van der Waals surface area contributed by atoms with Gasteiger partial charge in [0.1, 0.15) is 86.4 Å². The molecule has 4 saturated heterocycles. The smallest absolute Gasteiger partial charge is 0.310 e. The van der Waals surface area contributed by atoms with E-state index in [0.717, 1.165) is 204 Å². The van der Waals surface area contributed by atoms with Gasteiger partial charge in [-0.3, -0.25) is 38.8 Å². The highest BCUT2D eigenvalue weighted by Gasteiger charge is 2.39. The highest BCUT2D eigenvalue weighted by Crippen LogP contribution is 2.45. The minimum absolute atomic E-state index is 0.339. The number of hydrogen-bond donors (Lipinski definition) is 4. The average molecular weight is 1670 g/mol. The zero-order valence-corrected chi connectivity index (χ0v) is 72.6. The fourth-order valence-corrected chi connectivity index (χ4v) is 15.8. The minimum atomic E-state index is -0.804. The van der Waals surface area contributed by atoms with E-state index in [1.54, 1.807) is 75.7 Å². The Hall–Kier alpha value is -11.9. The van der Waals surface area contributed by atoms with E-state index in [9.17, 15) is 44.0 Å². The van der Waals surface area contributed by atoms with Crippen LogP contribution in [-0.2, 0) is 19.2 Å². The number of aliphatic carboxylic acids is 4. The molecule has 8 heterocycles. The quantitative estimate of drug-likeness (QED) is 0.0787. The molecule has 0 spiro atoms. The molecule has 27 heteroatoms. The number of amidine groups is 4. The molecule has 0 aromatic heterocycles. The number of fused-ring (bicyclic) bond motifs is 8. The second-order valence-corrected chi connectivity index (χ2v) is 35.2. The van der Waals surface area contributed by atoms with E-state index in [0.29, 0.717) is 81.0 Å². The van der Waals surface area contributed by atoms with Crippen LogP contribution in [0.3, 0.4) is 0 Å². The molecule has 0 saturated carbocycles. The van der Waals surface area contributed by atoms with Crippen LogP contribution in [0.15, 0.2) is 166 Å². The van der Waals surface area contributed by atoms with Crippen LogP contribution in [0.4, 0.5) is 27.1 Å². The number of carboxylic acid groups (broad SMARTS) is 4. The summed E-state index contributed by atoms with van der Waals surface area (Å²) < 4.78 is 49.7. The van der Waals surface area contributed by atoms with Crippen molar-refractivity contribution in [1.29, 1.82) is 0 Å². The van der Waals surface area contributed by atoms with Crippen LogP contribution in [0, 0.1) is 62.1 Å². The molecule has 0 radical (unpaired) electrons. The van der Waals surface area contributed by atoms with Gasteiger partial charge in [0, 0.05) is 137 Å². The Morgan fingerprint density at radius 3 is 0.869 bits per heavy atom. The molecule has 4 fully saturated rings. The summed E-state index contributed by atoms with van der Waals surface area (Å²) in [6.07, 6.45) is 0. The molecule has 0 aliphatic carbocycles. The van der Waals surface area contributed by atoms with Gasteiger partial charge >= 0.3 is 23.9 Å². The van der Waals surface area contributed by atoms with Gasteiger partial charge in [-0.2, -0.15) is 0 Å². The Labute approximate surface area is 713 Å². The van der Waals surface area contributed by atoms with E-state index in [1.807, 2.05) is 112 Å². The number of nitrogens with zero attached hydrogens (tertiary/aromatic N) is 12. The SMILES string of the molecule is COc1ccc2c(c1)C(N1CCN(CC(C)(C)C(=O)O)CC1)=Nc1cc(C)ccc1O2.COc1ccc2c(c1)N=C(N1CCN(CC(C)(C)C(=O)O)CC1)c1ccc(C)cc1O2.Cc1ccc2c(c1)N=C(N1CCN(CC(C)(C)C(=O)O)CC1)c1cc(F)ccc1O2.Cc1ccc2c(c1)N=C(N1CCN(CC(C)(C)C(=O)O)CC1)c1ccc(C)cc1O2. The van der Waals surface area contributed by atoms with Crippen LogP contribution in [-0.4, -0.2) is 252 Å². The van der Waals surface area contributed by atoms with Gasteiger partial charge in [0.2, 0.25) is 0 Å². The normalized spacial score (nSPS) is 16.7. The summed E-state index contributed by atoms with van der Waals surface area (Å²) in [6.45, 7) is 38.6. The lowest BCUT2D eigenvalue weighted by molar-refractivity contribution is -0.149. The van der Waals surface area contributed by atoms with Gasteiger partial charge in [-0.25, -0.2) is 24.4 Å². The molecule has 122 heavy (non-hydrogen) atoms. The Kier molecular flexibility index (Phi) is 26.5. The zero-order chi connectivity index (χ0) is 87.3. The summed E-state index contributed by atoms with van der Waals surface area (Å²) >= 11 is 0. The van der Waals surface area contributed by atoms with E-state index >= 15 is 0 Å². The van der Waals surface area contributed by atoms with Gasteiger partial charge in [-0.1, -0.05) is 30.3 Å². The maximum absolute atomic E-state index is 14.1. The van der Waals surface area contributed by atoms with Crippen molar-refractivity contribution in [1.82, 2.24) is 39.2 Å². The Morgan fingerprint density at radius 2 is 0.557 bits per heavy atom. The number of piperazine rings is 4. The van der Waals surface area contributed by atoms with Crippen molar-refractivity contribution in [2.45, 2.75) is 90.0 Å². The summed E-state index contributed by atoms with van der Waals surface area (Å²) in [7, 11) is 3.29. The molecule has 8 aromatic carbocycles. The van der Waals surface area contributed by atoms with Gasteiger partial charge in [0.05, 0.1) is 58.1 Å². The number of ether oxygens (including phenoxy) is 6. The fraction of sp³-hybridized carbons (Fsp3) is 0.411. The molecule has 8 aliphatic rings. The number of carboxylic acids is 4. The second-order valence-electron chi connectivity index (χ2n) is 35.2. The van der Waals surface area contributed by atoms with Gasteiger partial charge in [0.25, 0.3) is 0 Å². The molecule has 8 aliphatic heterocycles. The summed E-state index contributed by atoms with van der Waals surface area (Å²) in [6, 6.07) is 46.2. The first-order valence-electron chi connectivity index (χ1n) is 41.6. The summed E-state index contributed by atoms with van der Waals surface area (Å²) in [5.41, 5.74) is 9.07. The van der Waals surface area contributed by atoms with Gasteiger partial charge < -0.3 is 68.4 Å². The minimum Gasteiger partial charge on any atom is -0.497 e. The van der Waals surface area contributed by atoms with Crippen LogP contribution in [0.1, 0.15) is 105 Å². The van der Waals surface area contributed by atoms with Crippen LogP contribution in [0.5, 0.6) is 57.5 Å². The average Bonchev–Trinajstić information content (AvgIpc) is 1.64. The molecule has 26 nitrogen and oxygen atoms in total. The van der Waals surface area contributed by atoms with Crippen LogP contribution in [0.25, 0.3) is 0 Å². The Morgan fingerprint density at radius 1 is 0.311 bits per heavy atom. The summed E-state index contributed by atoms with van der Waals surface area (Å²) in [5.74, 6) is 7.16. The Balaban J connectivity index is 0.000000140. The third kappa shape index (κ3) is 20.8. The number of aryl methyl sites for hydroxylation is 5. The molecule has 4 N–H and O–H groups in total. The lowest BCUT2D eigenvalue weighted by Gasteiger charge is -2.39. The molecule has 644 valence electrons. The second kappa shape index (κ2) is 36.8. The third-order valence-electron chi connectivity index (χ3n) is 23.1. The monoisotopic (exact) mass is 1660 g/mol. The number of methoxy groups -OCH3 is 2. The highest BCUT2D eigenvalue weighted by atomic mass is 19.1. The van der Waals surface area contributed by atoms with E-state index in [1.165, 1.54) is 12.1 Å². The maximum Gasteiger partial charge on any atom is 0.310 e. The predicted octanol–water partition coefficient (Wildman–Crippen LogP) is 16.1. The first-order valence-corrected chi connectivity index (χ1v) is 41.6. The Bertz CT molecular complexity index is 5380. The third-order valence-corrected chi connectivity index (χ3v) is 23.1. The number of halogens is 1. The van der Waals surface area contributed by atoms with Crippen molar-refractivity contribution in [3.63, 3.8) is 0 Å². The molecular weight excluding hydrogens is 1550 g/mol. The first kappa shape index (κ1) is 87.9. The molecule has 0 atom stereocenters. The van der Waals surface area contributed by atoms with Gasteiger partial charge in [-0.15, -0.1) is 0 Å². The number of hydrogen-bond acceptors (Lipinski definition) is 22. The van der Waals surface area contributed by atoms with Crippen molar-refractivity contribution < 1.29 is 72.4 Å². The van der Waals surface area contributed by atoms with Crippen LogP contribution < -0.4 is 28.4 Å². The lowest BCUT2D eigenvalue weighted by Crippen LogP contribution is -2.52. The van der Waals surface area contributed by atoms with Crippen molar-refractivity contribution in [3.05, 3.63) is 201 Å². The molecule has 16 rings (SSSR count). The largest absolute Gasteiger partial charge is 0.497 e. The van der Waals surface area contributed by atoms with Gasteiger partial charge in [0.15, 0.2) is 23.0 Å². The van der Waals surface area contributed by atoms with Crippen molar-refractivity contribution in [2.24, 2.45) is 41.6 Å². The topological polar surface area (TPSA) is 280 Å². The molecule has 0 amide bonds. The number of rotatable bonds is 14. The fourth-order valence-electron chi connectivity index (χ4n) is 15.8. The van der Waals surface area contributed by atoms with E-state index < -0.39 is 45.5 Å². The summed E-state index contributed by atoms with van der Waals surface area (Å²) in [4.78, 5) is 83.6. The highest BCUT2D eigenvalue weighted by molar-refractivity contribution is 6.07. The van der Waals surface area contributed by atoms with E-state index in [4.69, 9.17) is 48.4 Å². The van der Waals surface area contributed by atoms with Gasteiger partial charge in [-0.05, 0) is 227 Å². The van der Waals surface area contributed by atoms with E-state index in [-0.39, 0.29) is 5.82 Å². The zero-order valence-electron chi connectivity index (χ0n) is 72.6. The number of carbonyl (C=O) groups is 4. The van der Waals surface area contributed by atoms with Crippen LogP contribution >= 0.6 is 0 Å². The van der Waals surface area contributed by atoms with E-state index in [2.05, 4.69) is 89.4 Å². The van der Waals surface area contributed by atoms with Crippen molar-refractivity contribution in [2.75, 3.05) is 145 Å². The number of benzene rings is 8. The lowest BCUT2D eigenvalue weighted by atomic mass is 9.93. The maximum atomic E-state index is 14.1. The molecular formula is C95H113FN12O14. The number of aliphatic imine (C=N–C) groups is 4. The van der Waals surface area contributed by atoms with Crippen LogP contribution in [0.2, 0.25) is 0 Å². The standard InChI is InChI=1S/2C24H29N3O4.C24H29N3O3.C23H26FN3O3/c1-16-5-7-21-19(13-16)25-22(18-14-17(30-4)6-8-20(18)31-21)27-11-9-26(10-12-27)15-24(2,3)23(28)29;1-16-5-7-18-21(13-16)31-20-8-6-17(30-4)14-19(20)25-22(18)27-11-9-26(10-12-27)15-24(2,3)23(28)29;1-16-6-8-20-19(13-16)25-22(18-7-5-17(2)14-21(18)30-20)27-11-9-26(10-12-27)15-24(3,4)23(28)29;1-15-4-6-20-18(12-15)25-21(17-13-16(24)5-7-19(17)30-20)27-10-8-26(9-11-27)14-23(2,3)22(28)29/h2*5-8,13-14H,9-12,15H2,1-4H3,(H,28,29);5-8,13-14H,9-12,15H2,1-4H3,(H,28,29);4-7,12-13H,8-11,14H2,1-3H3,(H,28,29). The van der Waals surface area contributed by atoms with Crippen molar-refractivity contribution in [3.8, 4) is 57.5 Å². The molecule has 8 aromatic rings. The summed E-state index contributed by atoms with van der Waals surface area (Å²) in [5, 5.41) is 37.7. The van der Waals surface area contributed by atoms with Crippen molar-refractivity contribution >= 4 is 70.0 Å². The molecule has 0 bridgehead atoms. The molecule has 0 unspecified atom stereocenters.